The summed E-state index contributed by atoms with van der Waals surface area (Å²) in [7, 11) is 0. The number of benzene rings is 1. The van der Waals surface area contributed by atoms with E-state index in [0.29, 0.717) is 9.90 Å². The van der Waals surface area contributed by atoms with E-state index in [2.05, 4.69) is 20.9 Å². The van der Waals surface area contributed by atoms with Crippen molar-refractivity contribution in [3.8, 4) is 10.6 Å². The van der Waals surface area contributed by atoms with Crippen LogP contribution in [0.3, 0.4) is 0 Å². The maximum atomic E-state index is 11.2. The number of ketones is 1. The Hall–Kier alpha value is -0.710. The SMILES string of the molecule is CC(=O)c1cnc(-c2ccc(Cl)cc2Br)s1. The topological polar surface area (TPSA) is 30.0 Å². The largest absolute Gasteiger partial charge is 0.294 e. The smallest absolute Gasteiger partial charge is 0.171 e. The van der Waals surface area contributed by atoms with Crippen molar-refractivity contribution in [1.29, 1.82) is 0 Å². The number of rotatable bonds is 2. The summed E-state index contributed by atoms with van der Waals surface area (Å²) in [5, 5.41) is 1.48. The number of carbonyl (C=O) groups is 1. The van der Waals surface area contributed by atoms with Crippen molar-refractivity contribution in [3.63, 3.8) is 0 Å². The lowest BCUT2D eigenvalue weighted by molar-refractivity contribution is 0.102. The van der Waals surface area contributed by atoms with Crippen molar-refractivity contribution in [1.82, 2.24) is 4.98 Å². The molecule has 1 aromatic heterocycles. The molecule has 82 valence electrons. The van der Waals surface area contributed by atoms with Crippen LogP contribution in [0.25, 0.3) is 10.6 Å². The Kier molecular flexibility index (Phi) is 3.42. The van der Waals surface area contributed by atoms with E-state index in [9.17, 15) is 4.79 Å². The number of Topliss-reactive ketones (excluding diaryl/α,β-unsaturated/α-hetero) is 1. The molecule has 1 heterocycles. The molecule has 0 saturated heterocycles. The third kappa shape index (κ3) is 2.34. The van der Waals surface area contributed by atoms with Crippen molar-refractivity contribution in [2.24, 2.45) is 0 Å². The lowest BCUT2D eigenvalue weighted by atomic mass is 10.2. The minimum Gasteiger partial charge on any atom is -0.294 e. The maximum absolute atomic E-state index is 11.2. The van der Waals surface area contributed by atoms with Crippen LogP contribution < -0.4 is 0 Å². The first-order chi connectivity index (χ1) is 7.58. The summed E-state index contributed by atoms with van der Waals surface area (Å²) in [4.78, 5) is 16.1. The molecule has 0 aliphatic carbocycles. The van der Waals surface area contributed by atoms with Crippen molar-refractivity contribution >= 4 is 44.7 Å². The van der Waals surface area contributed by atoms with E-state index in [-0.39, 0.29) is 5.78 Å². The second kappa shape index (κ2) is 4.65. The summed E-state index contributed by atoms with van der Waals surface area (Å²) >= 11 is 10.7. The molecule has 0 bridgehead atoms. The molecule has 0 spiro atoms. The molecule has 2 aromatic rings. The Labute approximate surface area is 110 Å². The van der Waals surface area contributed by atoms with Gasteiger partial charge in [-0.25, -0.2) is 4.98 Å². The third-order valence-electron chi connectivity index (χ3n) is 2.01. The van der Waals surface area contributed by atoms with Gasteiger partial charge in [0.25, 0.3) is 0 Å². The average molecular weight is 317 g/mol. The van der Waals surface area contributed by atoms with E-state index in [4.69, 9.17) is 11.6 Å². The molecule has 2 nitrogen and oxygen atoms in total. The van der Waals surface area contributed by atoms with E-state index < -0.39 is 0 Å². The Morgan fingerprint density at radius 1 is 1.50 bits per heavy atom. The molecule has 16 heavy (non-hydrogen) atoms. The Bertz CT molecular complexity index is 553. The second-order valence-corrected chi connectivity index (χ2v) is 5.53. The summed E-state index contributed by atoms with van der Waals surface area (Å²) in [5.74, 6) is 0.0360. The van der Waals surface area contributed by atoms with Gasteiger partial charge < -0.3 is 0 Å². The van der Waals surface area contributed by atoms with Gasteiger partial charge in [0.15, 0.2) is 5.78 Å². The lowest BCUT2D eigenvalue weighted by Gasteiger charge is -2.00. The van der Waals surface area contributed by atoms with Gasteiger partial charge in [0, 0.05) is 28.2 Å². The summed E-state index contributed by atoms with van der Waals surface area (Å²) in [6, 6.07) is 5.50. The number of hydrogen-bond acceptors (Lipinski definition) is 3. The van der Waals surface area contributed by atoms with Crippen LogP contribution in [-0.2, 0) is 0 Å². The Balaban J connectivity index is 2.46. The third-order valence-corrected chi connectivity index (χ3v) is 4.04. The van der Waals surface area contributed by atoms with Gasteiger partial charge in [-0.3, -0.25) is 4.79 Å². The standard InChI is InChI=1S/C11H7BrClNOS/c1-6(15)10-5-14-11(16-10)8-3-2-7(13)4-9(8)12/h2-5H,1H3. The van der Waals surface area contributed by atoms with Crippen LogP contribution in [0.1, 0.15) is 16.6 Å². The summed E-state index contributed by atoms with van der Waals surface area (Å²) in [6.07, 6.45) is 1.60. The normalized spacial score (nSPS) is 10.4. The van der Waals surface area contributed by atoms with Crippen molar-refractivity contribution < 1.29 is 4.79 Å². The fourth-order valence-electron chi connectivity index (χ4n) is 1.22. The monoisotopic (exact) mass is 315 g/mol. The molecule has 0 atom stereocenters. The first-order valence-corrected chi connectivity index (χ1v) is 6.49. The highest BCUT2D eigenvalue weighted by Crippen LogP contribution is 2.33. The minimum atomic E-state index is 0.0360. The predicted octanol–water partition coefficient (Wildman–Crippen LogP) is 4.43. The molecule has 5 heteroatoms. The van der Waals surface area contributed by atoms with Gasteiger partial charge in [-0.2, -0.15) is 0 Å². The van der Waals surface area contributed by atoms with Crippen LogP contribution in [0, 0.1) is 0 Å². The average Bonchev–Trinajstić information content (AvgIpc) is 2.66. The van der Waals surface area contributed by atoms with Gasteiger partial charge in [-0.15, -0.1) is 11.3 Å². The molecule has 0 aliphatic heterocycles. The molecule has 0 N–H and O–H groups in total. The molecule has 0 fully saturated rings. The Morgan fingerprint density at radius 2 is 2.25 bits per heavy atom. The highest BCUT2D eigenvalue weighted by Gasteiger charge is 2.10. The van der Waals surface area contributed by atoms with Gasteiger partial charge in [0.05, 0.1) is 4.88 Å². The fourth-order valence-corrected chi connectivity index (χ4v) is 3.08. The number of hydrogen-bond donors (Lipinski definition) is 0. The summed E-state index contributed by atoms with van der Waals surface area (Å²) in [6.45, 7) is 1.54. The number of thiazole rings is 1. The van der Waals surface area contributed by atoms with E-state index in [0.717, 1.165) is 15.0 Å². The minimum absolute atomic E-state index is 0.0360. The lowest BCUT2D eigenvalue weighted by Crippen LogP contribution is -1.83. The van der Waals surface area contributed by atoms with Gasteiger partial charge in [0.2, 0.25) is 0 Å². The molecule has 0 saturated carbocycles. The van der Waals surface area contributed by atoms with Crippen LogP contribution >= 0.6 is 38.9 Å². The summed E-state index contributed by atoms with van der Waals surface area (Å²) in [5.41, 5.74) is 0.946. The molecule has 2 rings (SSSR count). The van der Waals surface area contributed by atoms with Crippen LogP contribution in [-0.4, -0.2) is 10.8 Å². The molecule has 1 aromatic carbocycles. The molecule has 0 unspecified atom stereocenters. The molecule has 0 radical (unpaired) electrons. The second-order valence-electron chi connectivity index (χ2n) is 3.21. The molecular formula is C11H7BrClNOS. The van der Waals surface area contributed by atoms with Gasteiger partial charge >= 0.3 is 0 Å². The van der Waals surface area contributed by atoms with E-state index in [1.807, 2.05) is 12.1 Å². The zero-order valence-corrected chi connectivity index (χ0v) is 11.5. The van der Waals surface area contributed by atoms with Crippen molar-refractivity contribution in [2.75, 3.05) is 0 Å². The number of aromatic nitrogens is 1. The molecular weight excluding hydrogens is 310 g/mol. The molecule has 0 amide bonds. The van der Waals surface area contributed by atoms with Gasteiger partial charge in [0.1, 0.15) is 5.01 Å². The predicted molar refractivity (Wildman–Crippen MR) is 70.3 cm³/mol. The number of carbonyl (C=O) groups excluding carboxylic acids is 1. The summed E-state index contributed by atoms with van der Waals surface area (Å²) < 4.78 is 0.879. The van der Waals surface area contributed by atoms with E-state index in [1.165, 1.54) is 18.3 Å². The maximum Gasteiger partial charge on any atom is 0.171 e. The quantitative estimate of drug-likeness (QED) is 0.767. The van der Waals surface area contributed by atoms with Crippen LogP contribution in [0.5, 0.6) is 0 Å². The van der Waals surface area contributed by atoms with Gasteiger partial charge in [-0.05, 0) is 18.2 Å². The highest BCUT2D eigenvalue weighted by molar-refractivity contribution is 9.10. The van der Waals surface area contributed by atoms with Crippen LogP contribution in [0.4, 0.5) is 0 Å². The zero-order valence-electron chi connectivity index (χ0n) is 8.33. The first kappa shape index (κ1) is 11.8. The van der Waals surface area contributed by atoms with Crippen LogP contribution in [0.2, 0.25) is 5.02 Å². The highest BCUT2D eigenvalue weighted by atomic mass is 79.9. The van der Waals surface area contributed by atoms with E-state index in [1.54, 1.807) is 12.3 Å². The first-order valence-electron chi connectivity index (χ1n) is 4.50. The van der Waals surface area contributed by atoms with E-state index >= 15 is 0 Å². The van der Waals surface area contributed by atoms with Crippen molar-refractivity contribution in [2.45, 2.75) is 6.92 Å². The zero-order chi connectivity index (χ0) is 11.7. The number of halogens is 2. The van der Waals surface area contributed by atoms with Crippen molar-refractivity contribution in [3.05, 3.63) is 38.8 Å². The number of nitrogens with zero attached hydrogens (tertiary/aromatic N) is 1. The fraction of sp³-hybridized carbons (Fsp3) is 0.0909. The van der Waals surface area contributed by atoms with Gasteiger partial charge in [-0.1, -0.05) is 27.5 Å². The molecule has 0 aliphatic rings. The van der Waals surface area contributed by atoms with Crippen LogP contribution in [0.15, 0.2) is 28.9 Å². The Morgan fingerprint density at radius 3 is 2.81 bits per heavy atom.